The summed E-state index contributed by atoms with van der Waals surface area (Å²) in [5.74, 6) is 0.201. The fourth-order valence-corrected chi connectivity index (χ4v) is 2.70. The lowest BCUT2D eigenvalue weighted by molar-refractivity contribution is 0.0977. The fraction of sp³-hybridized carbons (Fsp3) is 0.0500. The third-order valence-corrected chi connectivity index (χ3v) is 4.03. The number of hydrogen-bond acceptors (Lipinski definition) is 6. The molecule has 0 saturated heterocycles. The van der Waals surface area contributed by atoms with E-state index in [4.69, 9.17) is 18.0 Å². The number of rotatable bonds is 4. The molecule has 1 aromatic carbocycles. The highest BCUT2D eigenvalue weighted by Gasteiger charge is 2.09. The highest BCUT2D eigenvalue weighted by atomic mass is 32.1. The summed E-state index contributed by atoms with van der Waals surface area (Å²) in [7, 11) is 1.67. The number of amides is 1. The van der Waals surface area contributed by atoms with E-state index in [1.54, 1.807) is 49.8 Å². The molecule has 0 atom stereocenters. The second-order valence-corrected chi connectivity index (χ2v) is 6.15. The first kappa shape index (κ1) is 19.1. The van der Waals surface area contributed by atoms with E-state index in [-0.39, 0.29) is 11.0 Å². The molecule has 4 N–H and O–H groups in total. The van der Waals surface area contributed by atoms with Crippen molar-refractivity contribution in [3.63, 3.8) is 0 Å². The van der Waals surface area contributed by atoms with Gasteiger partial charge in [-0.3, -0.25) is 20.1 Å². The van der Waals surface area contributed by atoms with Crippen molar-refractivity contribution in [2.24, 2.45) is 10.7 Å². The summed E-state index contributed by atoms with van der Waals surface area (Å²) in [6, 6.07) is 14.2. The molecule has 28 heavy (non-hydrogen) atoms. The predicted octanol–water partition coefficient (Wildman–Crippen LogP) is 2.76. The van der Waals surface area contributed by atoms with Crippen molar-refractivity contribution < 1.29 is 4.79 Å². The lowest BCUT2D eigenvalue weighted by Crippen LogP contribution is -2.34. The van der Waals surface area contributed by atoms with E-state index in [1.807, 2.05) is 18.2 Å². The predicted molar refractivity (Wildman–Crippen MR) is 116 cm³/mol. The molecule has 0 aliphatic carbocycles. The number of aliphatic imine (C=N–C) groups is 1. The van der Waals surface area contributed by atoms with Crippen molar-refractivity contribution in [2.75, 3.05) is 12.4 Å². The van der Waals surface area contributed by atoms with Gasteiger partial charge in [0.25, 0.3) is 5.91 Å². The molecule has 2 aromatic heterocycles. The monoisotopic (exact) mass is 390 g/mol. The molecule has 3 aromatic rings. The Morgan fingerprint density at radius 1 is 1.14 bits per heavy atom. The first-order valence-corrected chi connectivity index (χ1v) is 8.80. The molecule has 0 radical (unpaired) electrons. The lowest BCUT2D eigenvalue weighted by Gasteiger charge is -2.10. The van der Waals surface area contributed by atoms with Crippen LogP contribution in [0.4, 0.5) is 5.82 Å². The number of pyridine rings is 2. The van der Waals surface area contributed by atoms with E-state index < -0.39 is 0 Å². The Morgan fingerprint density at radius 2 is 1.93 bits per heavy atom. The maximum Gasteiger partial charge on any atom is 0.257 e. The van der Waals surface area contributed by atoms with Crippen LogP contribution in [0.15, 0.2) is 65.9 Å². The van der Waals surface area contributed by atoms with Gasteiger partial charge in [0, 0.05) is 42.4 Å². The Labute approximate surface area is 167 Å². The quantitative estimate of drug-likeness (QED) is 0.467. The normalized spacial score (nSPS) is 11.5. The van der Waals surface area contributed by atoms with Crippen LogP contribution in [-0.2, 0) is 0 Å². The maximum absolute atomic E-state index is 12.2. The summed E-state index contributed by atoms with van der Waals surface area (Å²) in [5, 5.41) is 5.71. The molecular weight excluding hydrogens is 372 g/mol. The van der Waals surface area contributed by atoms with Crippen molar-refractivity contribution in [1.29, 1.82) is 0 Å². The first-order chi connectivity index (χ1) is 13.6. The molecule has 7 nitrogen and oxygen atoms in total. The highest BCUT2D eigenvalue weighted by molar-refractivity contribution is 7.80. The smallest absolute Gasteiger partial charge is 0.257 e. The Kier molecular flexibility index (Phi) is 6.03. The van der Waals surface area contributed by atoms with Crippen molar-refractivity contribution in [3.05, 3.63) is 72.1 Å². The van der Waals surface area contributed by atoms with Gasteiger partial charge in [0.2, 0.25) is 0 Å². The SMILES string of the molecule is CN=CC(=CN)c1cnc2ccc(NC(=S)NC(=O)c3ccccc3)nc2c1. The number of nitrogens with zero attached hydrogens (tertiary/aromatic N) is 3. The Balaban J connectivity index is 1.77. The van der Waals surface area contributed by atoms with E-state index in [2.05, 4.69) is 25.6 Å². The van der Waals surface area contributed by atoms with Gasteiger partial charge >= 0.3 is 0 Å². The zero-order chi connectivity index (χ0) is 19.9. The van der Waals surface area contributed by atoms with Gasteiger partial charge in [-0.15, -0.1) is 0 Å². The summed E-state index contributed by atoms with van der Waals surface area (Å²) in [6.45, 7) is 0. The number of fused-ring (bicyclic) bond motifs is 1. The number of nitrogens with two attached hydrogens (primary N) is 1. The molecule has 140 valence electrons. The minimum atomic E-state index is -0.292. The molecule has 0 spiro atoms. The van der Waals surface area contributed by atoms with E-state index in [0.29, 0.717) is 16.9 Å². The summed E-state index contributed by atoms with van der Waals surface area (Å²) in [4.78, 5) is 25.1. The molecule has 0 saturated carbocycles. The van der Waals surface area contributed by atoms with Gasteiger partial charge in [-0.05, 0) is 42.5 Å². The Morgan fingerprint density at radius 3 is 2.64 bits per heavy atom. The molecule has 0 fully saturated rings. The number of anilines is 1. The van der Waals surface area contributed by atoms with Gasteiger partial charge in [0.15, 0.2) is 5.11 Å². The summed E-state index contributed by atoms with van der Waals surface area (Å²) < 4.78 is 0. The van der Waals surface area contributed by atoms with Crippen LogP contribution in [-0.4, -0.2) is 34.2 Å². The van der Waals surface area contributed by atoms with Crippen LogP contribution in [0.3, 0.4) is 0 Å². The lowest BCUT2D eigenvalue weighted by atomic mass is 10.1. The van der Waals surface area contributed by atoms with Gasteiger partial charge in [-0.25, -0.2) is 4.98 Å². The largest absolute Gasteiger partial charge is 0.404 e. The molecule has 0 bridgehead atoms. The van der Waals surface area contributed by atoms with Crippen LogP contribution in [0.1, 0.15) is 15.9 Å². The van der Waals surface area contributed by atoms with Crippen molar-refractivity contribution in [1.82, 2.24) is 15.3 Å². The molecule has 2 heterocycles. The van der Waals surface area contributed by atoms with E-state index >= 15 is 0 Å². The molecule has 0 aliphatic rings. The van der Waals surface area contributed by atoms with Crippen molar-refractivity contribution >= 4 is 51.9 Å². The van der Waals surface area contributed by atoms with E-state index in [0.717, 1.165) is 16.7 Å². The van der Waals surface area contributed by atoms with Crippen LogP contribution in [0.2, 0.25) is 0 Å². The molecule has 3 rings (SSSR count). The van der Waals surface area contributed by atoms with Crippen LogP contribution >= 0.6 is 12.2 Å². The number of thiocarbonyl (C=S) groups is 1. The molecule has 0 aliphatic heterocycles. The molecule has 1 amide bonds. The third-order valence-electron chi connectivity index (χ3n) is 3.82. The number of carbonyl (C=O) groups excluding carboxylic acids is 1. The molecule has 0 unspecified atom stereocenters. The van der Waals surface area contributed by atoms with Crippen LogP contribution in [0, 0.1) is 0 Å². The average Bonchev–Trinajstić information content (AvgIpc) is 2.72. The summed E-state index contributed by atoms with van der Waals surface area (Å²) in [5.41, 5.74) is 9.08. The number of aromatic nitrogens is 2. The topological polar surface area (TPSA) is 105 Å². The number of benzene rings is 1. The zero-order valence-corrected chi connectivity index (χ0v) is 15.9. The van der Waals surface area contributed by atoms with E-state index in [9.17, 15) is 4.79 Å². The second kappa shape index (κ2) is 8.83. The van der Waals surface area contributed by atoms with Gasteiger partial charge in [-0.2, -0.15) is 0 Å². The minimum Gasteiger partial charge on any atom is -0.404 e. The number of allylic oxidation sites excluding steroid dienone is 1. The summed E-state index contributed by atoms with van der Waals surface area (Å²) >= 11 is 5.21. The maximum atomic E-state index is 12.2. The van der Waals surface area contributed by atoms with Crippen molar-refractivity contribution in [3.8, 4) is 0 Å². The molecule has 8 heteroatoms. The second-order valence-electron chi connectivity index (χ2n) is 5.74. The number of carbonyl (C=O) groups is 1. The average molecular weight is 390 g/mol. The van der Waals surface area contributed by atoms with Crippen LogP contribution in [0.5, 0.6) is 0 Å². The van der Waals surface area contributed by atoms with Crippen LogP contribution < -0.4 is 16.4 Å². The van der Waals surface area contributed by atoms with Crippen LogP contribution in [0.25, 0.3) is 16.6 Å². The van der Waals surface area contributed by atoms with Gasteiger partial charge < -0.3 is 11.1 Å². The first-order valence-electron chi connectivity index (χ1n) is 8.39. The third kappa shape index (κ3) is 4.54. The minimum absolute atomic E-state index is 0.158. The standard InChI is InChI=1S/C20H18N6OS/c1-22-11-15(10-21)14-9-17-16(23-12-14)7-8-18(24-17)25-20(28)26-19(27)13-5-3-2-4-6-13/h2-12H,21H2,1H3,(H2,24,25,26,27,28). The molecular formula is C20H18N6OS. The highest BCUT2D eigenvalue weighted by Crippen LogP contribution is 2.18. The van der Waals surface area contributed by atoms with E-state index in [1.165, 1.54) is 6.20 Å². The number of nitrogens with one attached hydrogen (secondary N) is 2. The van der Waals surface area contributed by atoms with Gasteiger partial charge in [0.05, 0.1) is 11.0 Å². The number of hydrogen-bond donors (Lipinski definition) is 3. The Bertz CT molecular complexity index is 1080. The van der Waals surface area contributed by atoms with Crippen molar-refractivity contribution in [2.45, 2.75) is 0 Å². The summed E-state index contributed by atoms with van der Waals surface area (Å²) in [6.07, 6.45) is 4.83. The van der Waals surface area contributed by atoms with Gasteiger partial charge in [-0.1, -0.05) is 18.2 Å². The fourth-order valence-electron chi connectivity index (χ4n) is 2.50. The zero-order valence-electron chi connectivity index (χ0n) is 15.1. The van der Waals surface area contributed by atoms with Gasteiger partial charge in [0.1, 0.15) is 5.82 Å². The Hall–Kier alpha value is -3.65.